The van der Waals surface area contributed by atoms with Gasteiger partial charge in [-0.2, -0.15) is 0 Å². The van der Waals surface area contributed by atoms with E-state index in [0.717, 1.165) is 6.07 Å². The molecule has 0 aliphatic carbocycles. The number of carboxylic acids is 1. The van der Waals surface area contributed by atoms with Crippen molar-refractivity contribution in [2.75, 3.05) is 25.5 Å². The lowest BCUT2D eigenvalue weighted by atomic mass is 10.2. The van der Waals surface area contributed by atoms with Crippen LogP contribution in [-0.2, 0) is 4.79 Å². The highest BCUT2D eigenvalue weighted by Gasteiger charge is 2.16. The predicted octanol–water partition coefficient (Wildman–Crippen LogP) is 0.690. The van der Waals surface area contributed by atoms with Gasteiger partial charge in [-0.05, 0) is 25.1 Å². The number of rotatable bonds is 5. The van der Waals surface area contributed by atoms with Crippen molar-refractivity contribution in [3.05, 3.63) is 23.8 Å². The maximum absolute atomic E-state index is 12.0. The second-order valence-electron chi connectivity index (χ2n) is 4.15. The van der Waals surface area contributed by atoms with E-state index in [0.29, 0.717) is 6.54 Å². The largest absolute Gasteiger partial charge is 0.507 e. The molecule has 0 saturated heterocycles. The van der Waals surface area contributed by atoms with Gasteiger partial charge in [0.1, 0.15) is 17.9 Å². The SMILES string of the molecule is CCN(CC(=O)NC)C(=O)Nc1ccc(O)c(C(=O)O)c1. The Morgan fingerprint density at radius 2 is 1.95 bits per heavy atom. The minimum Gasteiger partial charge on any atom is -0.507 e. The summed E-state index contributed by atoms with van der Waals surface area (Å²) in [6.07, 6.45) is 0. The number of phenols is 1. The van der Waals surface area contributed by atoms with E-state index in [1.54, 1.807) is 6.92 Å². The fourth-order valence-electron chi connectivity index (χ4n) is 1.57. The summed E-state index contributed by atoms with van der Waals surface area (Å²) >= 11 is 0. The Morgan fingerprint density at radius 1 is 1.29 bits per heavy atom. The first-order valence-electron chi connectivity index (χ1n) is 6.21. The van der Waals surface area contributed by atoms with Gasteiger partial charge in [-0.15, -0.1) is 0 Å². The van der Waals surface area contributed by atoms with Gasteiger partial charge in [0, 0.05) is 19.3 Å². The Kier molecular flexibility index (Phi) is 5.53. The molecule has 8 heteroatoms. The van der Waals surface area contributed by atoms with Gasteiger partial charge in [0.2, 0.25) is 5.91 Å². The molecule has 114 valence electrons. The highest BCUT2D eigenvalue weighted by atomic mass is 16.4. The third-order valence-corrected chi connectivity index (χ3v) is 2.76. The normalized spacial score (nSPS) is 9.81. The molecule has 0 fully saturated rings. The van der Waals surface area contributed by atoms with Crippen LogP contribution in [0.2, 0.25) is 0 Å². The third kappa shape index (κ3) is 4.37. The molecule has 0 saturated carbocycles. The molecule has 1 aromatic rings. The number of carboxylic acid groups (broad SMARTS) is 1. The van der Waals surface area contributed by atoms with Crippen molar-refractivity contribution in [2.45, 2.75) is 6.92 Å². The fourth-order valence-corrected chi connectivity index (χ4v) is 1.57. The standard InChI is InChI=1S/C13H17N3O5/c1-3-16(7-11(18)14-2)13(21)15-8-4-5-10(17)9(6-8)12(19)20/h4-6,17H,3,7H2,1-2H3,(H,14,18)(H,15,21)(H,19,20). The van der Waals surface area contributed by atoms with E-state index in [2.05, 4.69) is 10.6 Å². The molecule has 0 atom stereocenters. The first kappa shape index (κ1) is 16.3. The van der Waals surface area contributed by atoms with Crippen LogP contribution in [0.15, 0.2) is 18.2 Å². The summed E-state index contributed by atoms with van der Waals surface area (Å²) < 4.78 is 0. The van der Waals surface area contributed by atoms with Gasteiger partial charge in [-0.1, -0.05) is 0 Å². The number of nitrogens with one attached hydrogen (secondary N) is 2. The van der Waals surface area contributed by atoms with Crippen LogP contribution in [0.4, 0.5) is 10.5 Å². The molecule has 0 aliphatic heterocycles. The smallest absolute Gasteiger partial charge is 0.339 e. The Morgan fingerprint density at radius 3 is 2.48 bits per heavy atom. The lowest BCUT2D eigenvalue weighted by Gasteiger charge is -2.20. The molecule has 0 heterocycles. The van der Waals surface area contributed by atoms with Crippen LogP contribution in [0.25, 0.3) is 0 Å². The molecule has 1 rings (SSSR count). The molecule has 8 nitrogen and oxygen atoms in total. The van der Waals surface area contributed by atoms with E-state index in [1.807, 2.05) is 0 Å². The minimum absolute atomic E-state index is 0.108. The third-order valence-electron chi connectivity index (χ3n) is 2.76. The van der Waals surface area contributed by atoms with E-state index >= 15 is 0 Å². The molecule has 0 aromatic heterocycles. The second kappa shape index (κ2) is 7.13. The van der Waals surface area contributed by atoms with Gasteiger partial charge in [0.15, 0.2) is 0 Å². The molecule has 3 amide bonds. The van der Waals surface area contributed by atoms with E-state index in [4.69, 9.17) is 5.11 Å². The van der Waals surface area contributed by atoms with Crippen LogP contribution in [-0.4, -0.2) is 53.2 Å². The maximum Gasteiger partial charge on any atom is 0.339 e. The molecule has 21 heavy (non-hydrogen) atoms. The zero-order valence-corrected chi connectivity index (χ0v) is 11.7. The lowest BCUT2D eigenvalue weighted by molar-refractivity contribution is -0.121. The summed E-state index contributed by atoms with van der Waals surface area (Å²) in [5.74, 6) is -2.01. The highest BCUT2D eigenvalue weighted by Crippen LogP contribution is 2.21. The molecule has 0 spiro atoms. The number of benzene rings is 1. The number of carbonyl (C=O) groups excluding carboxylic acids is 2. The number of aromatic hydroxyl groups is 1. The van der Waals surface area contributed by atoms with Crippen LogP contribution in [0.1, 0.15) is 17.3 Å². The summed E-state index contributed by atoms with van der Waals surface area (Å²) in [7, 11) is 1.47. The Bertz CT molecular complexity index is 559. The monoisotopic (exact) mass is 295 g/mol. The summed E-state index contributed by atoms with van der Waals surface area (Å²) in [5, 5.41) is 23.2. The van der Waals surface area contributed by atoms with Crippen molar-refractivity contribution in [3.63, 3.8) is 0 Å². The number of hydrogen-bond acceptors (Lipinski definition) is 4. The second-order valence-corrected chi connectivity index (χ2v) is 4.15. The average Bonchev–Trinajstić information content (AvgIpc) is 2.45. The molecule has 4 N–H and O–H groups in total. The summed E-state index contributed by atoms with van der Waals surface area (Å²) in [6, 6.07) is 3.15. The highest BCUT2D eigenvalue weighted by molar-refractivity contribution is 5.96. The number of carbonyl (C=O) groups is 3. The van der Waals surface area contributed by atoms with Crippen molar-refractivity contribution in [1.29, 1.82) is 0 Å². The quantitative estimate of drug-likeness (QED) is 0.596. The summed E-state index contributed by atoms with van der Waals surface area (Å²) in [5.41, 5.74) is -0.104. The first-order valence-corrected chi connectivity index (χ1v) is 6.21. The molecule has 0 unspecified atom stereocenters. The van der Waals surface area contributed by atoms with E-state index in [1.165, 1.54) is 24.1 Å². The number of aromatic carboxylic acids is 1. The van der Waals surface area contributed by atoms with Crippen LogP contribution in [0, 0.1) is 0 Å². The van der Waals surface area contributed by atoms with Gasteiger partial charge in [0.25, 0.3) is 0 Å². The lowest BCUT2D eigenvalue weighted by Crippen LogP contribution is -2.41. The molecular formula is C13H17N3O5. The van der Waals surface area contributed by atoms with Crippen molar-refractivity contribution < 1.29 is 24.6 Å². The van der Waals surface area contributed by atoms with Crippen LogP contribution < -0.4 is 10.6 Å². The van der Waals surface area contributed by atoms with Crippen LogP contribution >= 0.6 is 0 Å². The number of amides is 3. The molecule has 0 bridgehead atoms. The maximum atomic E-state index is 12.0. The van der Waals surface area contributed by atoms with Crippen molar-refractivity contribution in [1.82, 2.24) is 10.2 Å². The number of urea groups is 1. The van der Waals surface area contributed by atoms with Gasteiger partial charge in [-0.25, -0.2) is 9.59 Å². The predicted molar refractivity (Wildman–Crippen MR) is 75.4 cm³/mol. The average molecular weight is 295 g/mol. The Balaban J connectivity index is 2.84. The van der Waals surface area contributed by atoms with Crippen LogP contribution in [0.3, 0.4) is 0 Å². The fraction of sp³-hybridized carbons (Fsp3) is 0.308. The van der Waals surface area contributed by atoms with Gasteiger partial charge < -0.3 is 25.7 Å². The zero-order valence-electron chi connectivity index (χ0n) is 11.7. The molecule has 1 aromatic carbocycles. The summed E-state index contributed by atoms with van der Waals surface area (Å²) in [4.78, 5) is 35.4. The van der Waals surface area contributed by atoms with Gasteiger partial charge in [0.05, 0.1) is 0 Å². The van der Waals surface area contributed by atoms with Crippen molar-refractivity contribution >= 4 is 23.6 Å². The van der Waals surface area contributed by atoms with E-state index in [-0.39, 0.29) is 23.7 Å². The van der Waals surface area contributed by atoms with Gasteiger partial charge in [-0.3, -0.25) is 4.79 Å². The Labute approximate surface area is 121 Å². The van der Waals surface area contributed by atoms with E-state index in [9.17, 15) is 19.5 Å². The topological polar surface area (TPSA) is 119 Å². The number of anilines is 1. The number of nitrogens with zero attached hydrogens (tertiary/aromatic N) is 1. The molecule has 0 aliphatic rings. The zero-order chi connectivity index (χ0) is 16.0. The Hall–Kier alpha value is -2.77. The van der Waals surface area contributed by atoms with Crippen molar-refractivity contribution in [3.8, 4) is 5.75 Å². The first-order chi connectivity index (χ1) is 9.88. The van der Waals surface area contributed by atoms with Crippen molar-refractivity contribution in [2.24, 2.45) is 0 Å². The minimum atomic E-state index is -1.30. The van der Waals surface area contributed by atoms with E-state index < -0.39 is 17.7 Å². The molecule has 0 radical (unpaired) electrons. The number of hydrogen-bond donors (Lipinski definition) is 4. The summed E-state index contributed by atoms with van der Waals surface area (Å²) in [6.45, 7) is 1.91. The number of likely N-dealkylation sites (N-methyl/N-ethyl adjacent to an activating group) is 2. The molecular weight excluding hydrogens is 278 g/mol. The van der Waals surface area contributed by atoms with Crippen LogP contribution in [0.5, 0.6) is 5.75 Å². The van der Waals surface area contributed by atoms with Gasteiger partial charge >= 0.3 is 12.0 Å².